The van der Waals surface area contributed by atoms with Crippen LogP contribution in [0.2, 0.25) is 0 Å². The van der Waals surface area contributed by atoms with Gasteiger partial charge in [-0.2, -0.15) is 0 Å². The van der Waals surface area contributed by atoms with Crippen LogP contribution >= 0.6 is 35.3 Å². The monoisotopic (exact) mass is 410 g/mol. The highest BCUT2D eigenvalue weighted by molar-refractivity contribution is 8.02. The van der Waals surface area contributed by atoms with Crippen molar-refractivity contribution in [2.24, 2.45) is 0 Å². The van der Waals surface area contributed by atoms with Gasteiger partial charge < -0.3 is 0 Å². The first-order valence-corrected chi connectivity index (χ1v) is 11.5. The van der Waals surface area contributed by atoms with E-state index in [0.29, 0.717) is 6.71 Å². The zero-order valence-electron chi connectivity index (χ0n) is 14.5. The highest BCUT2D eigenvalue weighted by Crippen LogP contribution is 2.45. The SMILES string of the molecule is c1ccc(-c2cc3c4c(c2)Sc2cncc5c2B4c2c(cncc2S3)S5)cc1. The van der Waals surface area contributed by atoms with Crippen LogP contribution in [0, 0.1) is 0 Å². The maximum Gasteiger partial charge on any atom is 0.250 e. The van der Waals surface area contributed by atoms with Gasteiger partial charge in [0.05, 0.1) is 0 Å². The minimum absolute atomic E-state index is 0.305. The summed E-state index contributed by atoms with van der Waals surface area (Å²) in [7, 11) is 0. The van der Waals surface area contributed by atoms with Gasteiger partial charge >= 0.3 is 0 Å². The third kappa shape index (κ3) is 2.06. The third-order valence-electron chi connectivity index (χ3n) is 5.57. The molecule has 0 unspecified atom stereocenters. The van der Waals surface area contributed by atoms with Gasteiger partial charge in [-0.15, -0.1) is 0 Å². The molecule has 3 aliphatic rings. The van der Waals surface area contributed by atoms with E-state index >= 15 is 0 Å². The molecule has 0 aliphatic carbocycles. The van der Waals surface area contributed by atoms with E-state index in [4.69, 9.17) is 0 Å². The lowest BCUT2D eigenvalue weighted by atomic mass is 9.36. The number of hydrogen-bond acceptors (Lipinski definition) is 5. The average Bonchev–Trinajstić information content (AvgIpc) is 2.74. The molecule has 5 heterocycles. The van der Waals surface area contributed by atoms with Crippen LogP contribution in [0.4, 0.5) is 0 Å². The highest BCUT2D eigenvalue weighted by Gasteiger charge is 2.43. The zero-order chi connectivity index (χ0) is 18.2. The molecule has 0 atom stereocenters. The molecule has 2 aromatic heterocycles. The normalized spacial score (nSPS) is 14.6. The summed E-state index contributed by atoms with van der Waals surface area (Å²) in [5, 5.41) is 0. The zero-order valence-corrected chi connectivity index (χ0v) is 17.0. The molecule has 0 saturated heterocycles. The fourth-order valence-corrected chi connectivity index (χ4v) is 8.16. The van der Waals surface area contributed by atoms with Crippen molar-refractivity contribution in [2.45, 2.75) is 29.4 Å². The lowest BCUT2D eigenvalue weighted by molar-refractivity contribution is 1.14. The van der Waals surface area contributed by atoms with Crippen molar-refractivity contribution in [3.05, 3.63) is 67.3 Å². The third-order valence-corrected chi connectivity index (χ3v) is 8.86. The van der Waals surface area contributed by atoms with Crippen LogP contribution in [-0.4, -0.2) is 16.7 Å². The smallest absolute Gasteiger partial charge is 0.250 e. The van der Waals surface area contributed by atoms with Crippen LogP contribution in [-0.2, 0) is 0 Å². The number of nitrogens with zero attached hydrogens (tertiary/aromatic N) is 2. The summed E-state index contributed by atoms with van der Waals surface area (Å²) < 4.78 is 0. The fourth-order valence-electron chi connectivity index (χ4n) is 4.40. The van der Waals surface area contributed by atoms with E-state index in [1.807, 2.05) is 60.1 Å². The molecule has 0 N–H and O–H groups in total. The van der Waals surface area contributed by atoms with Crippen LogP contribution < -0.4 is 16.4 Å². The van der Waals surface area contributed by atoms with E-state index in [9.17, 15) is 0 Å². The second-order valence-electron chi connectivity index (χ2n) is 7.09. The fraction of sp³-hybridized carbons (Fsp3) is 0. The van der Waals surface area contributed by atoms with E-state index < -0.39 is 0 Å². The van der Waals surface area contributed by atoms with E-state index in [-0.39, 0.29) is 0 Å². The van der Waals surface area contributed by atoms with Gasteiger partial charge in [0.15, 0.2) is 0 Å². The van der Waals surface area contributed by atoms with Crippen LogP contribution in [0.5, 0.6) is 0 Å². The van der Waals surface area contributed by atoms with Crippen molar-refractivity contribution in [1.29, 1.82) is 0 Å². The first kappa shape index (κ1) is 15.7. The van der Waals surface area contributed by atoms with Gasteiger partial charge in [-0.3, -0.25) is 9.97 Å². The average molecular weight is 410 g/mol. The summed E-state index contributed by atoms with van der Waals surface area (Å²) in [4.78, 5) is 16.9. The molecular formula is C22H11BN2S3. The second-order valence-corrected chi connectivity index (χ2v) is 10.3. The Morgan fingerprint density at radius 3 is 1.54 bits per heavy atom. The van der Waals surface area contributed by atoms with Gasteiger partial charge in [-0.05, 0) is 39.6 Å². The molecule has 0 amide bonds. The van der Waals surface area contributed by atoms with Crippen LogP contribution in [0.1, 0.15) is 0 Å². The summed E-state index contributed by atoms with van der Waals surface area (Å²) in [6.45, 7) is 0.305. The standard InChI is InChI=1S/C22H11BN2S3/c1-2-4-12(5-3-1)13-6-14-20-15(7-13)27-17-9-25-11-19-22(17)23(20)21-16(26-14)8-24-10-18(21)28-19/h1-11H. The summed E-state index contributed by atoms with van der Waals surface area (Å²) in [5.41, 5.74) is 6.88. The van der Waals surface area contributed by atoms with Gasteiger partial charge in [0.1, 0.15) is 0 Å². The highest BCUT2D eigenvalue weighted by atomic mass is 32.2. The number of benzene rings is 2. The van der Waals surface area contributed by atoms with Crippen molar-refractivity contribution in [3.8, 4) is 11.1 Å². The second kappa shape index (κ2) is 5.69. The van der Waals surface area contributed by atoms with Crippen molar-refractivity contribution < 1.29 is 0 Å². The molecule has 0 bridgehead atoms. The Hall–Kier alpha value is -2.15. The number of pyridine rings is 2. The van der Waals surface area contributed by atoms with Gasteiger partial charge in [-0.1, -0.05) is 65.6 Å². The Labute approximate surface area is 175 Å². The predicted octanol–water partition coefficient (Wildman–Crippen LogP) is 4.05. The lowest BCUT2D eigenvalue weighted by Gasteiger charge is -2.37. The van der Waals surface area contributed by atoms with Crippen molar-refractivity contribution in [2.75, 3.05) is 0 Å². The maximum absolute atomic E-state index is 4.53. The van der Waals surface area contributed by atoms with E-state index in [2.05, 4.69) is 52.4 Å². The molecule has 6 heteroatoms. The van der Waals surface area contributed by atoms with Crippen molar-refractivity contribution >= 4 is 58.4 Å². The molecular weight excluding hydrogens is 399 g/mol. The lowest BCUT2D eigenvalue weighted by Crippen LogP contribution is -2.60. The Morgan fingerprint density at radius 1 is 0.536 bits per heavy atom. The Bertz CT molecular complexity index is 1230. The van der Waals surface area contributed by atoms with Crippen molar-refractivity contribution in [1.82, 2.24) is 9.97 Å². The van der Waals surface area contributed by atoms with E-state index in [1.54, 1.807) is 0 Å². The summed E-state index contributed by atoms with van der Waals surface area (Å²) in [6.07, 6.45) is 8.11. The van der Waals surface area contributed by atoms with Crippen LogP contribution in [0.15, 0.2) is 96.6 Å². The summed E-state index contributed by atoms with van der Waals surface area (Å²) >= 11 is 5.56. The molecule has 7 rings (SSSR count). The molecule has 4 aromatic rings. The Kier molecular flexibility index (Phi) is 3.20. The van der Waals surface area contributed by atoms with Crippen LogP contribution in [0.3, 0.4) is 0 Å². The molecule has 0 saturated carbocycles. The minimum Gasteiger partial charge on any atom is -0.262 e. The molecule has 0 fully saturated rings. The van der Waals surface area contributed by atoms with Gasteiger partial charge in [0, 0.05) is 54.2 Å². The molecule has 2 aromatic carbocycles. The molecule has 3 aliphatic heterocycles. The minimum atomic E-state index is 0.305. The molecule has 0 spiro atoms. The number of hydrogen-bond donors (Lipinski definition) is 0. The molecule has 28 heavy (non-hydrogen) atoms. The summed E-state index contributed by atoms with van der Waals surface area (Å²) in [6, 6.07) is 15.4. The molecule has 0 radical (unpaired) electrons. The number of rotatable bonds is 1. The maximum atomic E-state index is 4.53. The van der Waals surface area contributed by atoms with E-state index in [0.717, 1.165) is 0 Å². The Balaban J connectivity index is 1.56. The first-order valence-electron chi connectivity index (χ1n) is 9.09. The van der Waals surface area contributed by atoms with Gasteiger partial charge in [-0.25, -0.2) is 0 Å². The number of aromatic nitrogens is 2. The van der Waals surface area contributed by atoms with Crippen molar-refractivity contribution in [3.63, 3.8) is 0 Å². The Morgan fingerprint density at radius 2 is 1.00 bits per heavy atom. The quantitative estimate of drug-likeness (QED) is 0.381. The molecule has 2 nitrogen and oxygen atoms in total. The molecule has 130 valence electrons. The van der Waals surface area contributed by atoms with Crippen LogP contribution in [0.25, 0.3) is 11.1 Å². The topological polar surface area (TPSA) is 25.8 Å². The first-order chi connectivity index (χ1) is 13.9. The summed E-state index contributed by atoms with van der Waals surface area (Å²) in [5.74, 6) is 0. The predicted molar refractivity (Wildman–Crippen MR) is 117 cm³/mol. The van der Waals surface area contributed by atoms with Gasteiger partial charge in [0.2, 0.25) is 6.71 Å². The largest absolute Gasteiger partial charge is 0.262 e. The van der Waals surface area contributed by atoms with Gasteiger partial charge in [0.25, 0.3) is 0 Å². The van der Waals surface area contributed by atoms with E-state index in [1.165, 1.54) is 56.9 Å².